The molecule has 3 aromatic carbocycles. The number of carbonyl (C=O) groups is 1. The van der Waals surface area contributed by atoms with E-state index in [1.165, 1.54) is 12.1 Å². The zero-order chi connectivity index (χ0) is 22.7. The van der Waals surface area contributed by atoms with Crippen molar-refractivity contribution < 1.29 is 18.7 Å². The fourth-order valence-electron chi connectivity index (χ4n) is 3.61. The molecule has 0 bridgehead atoms. The number of ether oxygens (including phenoxy) is 2. The van der Waals surface area contributed by atoms with Gasteiger partial charge in [0.2, 0.25) is 0 Å². The van der Waals surface area contributed by atoms with E-state index in [1.54, 1.807) is 35.2 Å². The summed E-state index contributed by atoms with van der Waals surface area (Å²) in [6.07, 6.45) is -0.594. The molecular weight excluding hydrogens is 477 g/mol. The molecule has 32 heavy (non-hydrogen) atoms. The Hall–Kier alpha value is -3.57. The van der Waals surface area contributed by atoms with Gasteiger partial charge in [0.05, 0.1) is 16.6 Å². The Labute approximate surface area is 193 Å². The largest absolute Gasteiger partial charge is 0.490 e. The van der Waals surface area contributed by atoms with Gasteiger partial charge in [-0.25, -0.2) is 4.39 Å². The quantitative estimate of drug-likeness (QED) is 0.477. The van der Waals surface area contributed by atoms with Crippen LogP contribution in [0.25, 0.3) is 0 Å². The lowest BCUT2D eigenvalue weighted by Crippen LogP contribution is -2.43. The van der Waals surface area contributed by atoms with Crippen LogP contribution in [0.3, 0.4) is 0 Å². The van der Waals surface area contributed by atoms with E-state index in [0.29, 0.717) is 39.5 Å². The Balaban J connectivity index is 1.84. The van der Waals surface area contributed by atoms with Gasteiger partial charge in [-0.3, -0.25) is 9.69 Å². The Kier molecular flexibility index (Phi) is 6.28. The second kappa shape index (κ2) is 9.28. The lowest BCUT2D eigenvalue weighted by atomic mass is 10.0. The van der Waals surface area contributed by atoms with Crippen LogP contribution in [-0.4, -0.2) is 19.1 Å². The van der Waals surface area contributed by atoms with Crippen molar-refractivity contribution in [3.63, 3.8) is 0 Å². The summed E-state index contributed by atoms with van der Waals surface area (Å²) in [7, 11) is 0. The predicted molar refractivity (Wildman–Crippen MR) is 122 cm³/mol. The molecule has 4 rings (SSSR count). The van der Waals surface area contributed by atoms with Gasteiger partial charge < -0.3 is 14.8 Å². The predicted octanol–water partition coefficient (Wildman–Crippen LogP) is 5.66. The molecule has 1 amide bonds. The number of rotatable bonds is 6. The SMILES string of the molecule is CCOc1cc(C2Nc3ccccc3C(=O)N2c2ccc(F)cc2)cc(Br)c1OCC#N. The van der Waals surface area contributed by atoms with Gasteiger partial charge in [-0.15, -0.1) is 0 Å². The molecule has 6 nitrogen and oxygen atoms in total. The van der Waals surface area contributed by atoms with Gasteiger partial charge in [0.25, 0.3) is 5.91 Å². The number of nitriles is 1. The molecule has 1 aliphatic rings. The molecule has 8 heteroatoms. The highest BCUT2D eigenvalue weighted by Crippen LogP contribution is 2.42. The summed E-state index contributed by atoms with van der Waals surface area (Å²) in [5.41, 5.74) is 2.48. The van der Waals surface area contributed by atoms with E-state index in [2.05, 4.69) is 21.2 Å². The van der Waals surface area contributed by atoms with Gasteiger partial charge in [0.15, 0.2) is 18.1 Å². The first-order valence-electron chi connectivity index (χ1n) is 9.94. The third kappa shape index (κ3) is 4.12. The second-order valence-electron chi connectivity index (χ2n) is 6.95. The molecule has 0 fully saturated rings. The van der Waals surface area contributed by atoms with Crippen molar-refractivity contribution in [3.05, 3.63) is 82.1 Å². The number of hydrogen-bond acceptors (Lipinski definition) is 5. The minimum atomic E-state index is -0.594. The molecule has 1 N–H and O–H groups in total. The highest BCUT2D eigenvalue weighted by Gasteiger charge is 2.35. The molecule has 0 radical (unpaired) electrons. The summed E-state index contributed by atoms with van der Waals surface area (Å²) in [4.78, 5) is 15.1. The van der Waals surface area contributed by atoms with Crippen molar-refractivity contribution in [3.8, 4) is 17.6 Å². The number of benzene rings is 3. The highest BCUT2D eigenvalue weighted by molar-refractivity contribution is 9.10. The van der Waals surface area contributed by atoms with Crippen LogP contribution in [0.2, 0.25) is 0 Å². The van der Waals surface area contributed by atoms with Gasteiger partial charge in [0, 0.05) is 16.9 Å². The van der Waals surface area contributed by atoms with Crippen LogP contribution in [0.15, 0.2) is 65.1 Å². The van der Waals surface area contributed by atoms with Crippen LogP contribution >= 0.6 is 15.9 Å². The molecule has 0 aromatic heterocycles. The molecule has 0 saturated heterocycles. The number of hydrogen-bond donors (Lipinski definition) is 1. The maximum absolute atomic E-state index is 13.6. The average molecular weight is 496 g/mol. The molecule has 0 saturated carbocycles. The second-order valence-corrected chi connectivity index (χ2v) is 7.81. The minimum absolute atomic E-state index is 0.132. The first-order valence-corrected chi connectivity index (χ1v) is 10.7. The first kappa shape index (κ1) is 21.7. The van der Waals surface area contributed by atoms with Crippen molar-refractivity contribution in [2.75, 3.05) is 23.4 Å². The normalized spacial score (nSPS) is 14.9. The molecule has 162 valence electrons. The fourth-order valence-corrected chi connectivity index (χ4v) is 4.18. The van der Waals surface area contributed by atoms with Crippen LogP contribution in [0, 0.1) is 17.1 Å². The Morgan fingerprint density at radius 2 is 1.91 bits per heavy atom. The molecule has 1 unspecified atom stereocenters. The van der Waals surface area contributed by atoms with Gasteiger partial charge in [0.1, 0.15) is 18.1 Å². The lowest BCUT2D eigenvalue weighted by Gasteiger charge is -2.38. The summed E-state index contributed by atoms with van der Waals surface area (Å²) in [6, 6.07) is 18.5. The van der Waals surface area contributed by atoms with E-state index < -0.39 is 6.17 Å². The van der Waals surface area contributed by atoms with Gasteiger partial charge >= 0.3 is 0 Å². The summed E-state index contributed by atoms with van der Waals surface area (Å²) >= 11 is 3.50. The molecule has 1 atom stereocenters. The number of para-hydroxylation sites is 1. The molecule has 0 spiro atoms. The van der Waals surface area contributed by atoms with Crippen molar-refractivity contribution in [2.45, 2.75) is 13.1 Å². The van der Waals surface area contributed by atoms with E-state index >= 15 is 0 Å². The number of amides is 1. The fraction of sp³-hybridized carbons (Fsp3) is 0.167. The summed E-state index contributed by atoms with van der Waals surface area (Å²) in [6.45, 7) is 2.10. The molecule has 0 aliphatic carbocycles. The van der Waals surface area contributed by atoms with Crippen LogP contribution in [-0.2, 0) is 0 Å². The molecule has 3 aromatic rings. The van der Waals surface area contributed by atoms with E-state index in [0.717, 1.165) is 5.56 Å². The molecule has 1 aliphatic heterocycles. The van der Waals surface area contributed by atoms with E-state index in [1.807, 2.05) is 31.2 Å². The third-order valence-electron chi connectivity index (χ3n) is 4.96. The number of nitrogens with zero attached hydrogens (tertiary/aromatic N) is 2. The maximum Gasteiger partial charge on any atom is 0.262 e. The topological polar surface area (TPSA) is 74.6 Å². The molecular formula is C24H19BrFN3O3. The number of fused-ring (bicyclic) bond motifs is 1. The van der Waals surface area contributed by atoms with Gasteiger partial charge in [-0.1, -0.05) is 12.1 Å². The number of halogens is 2. The van der Waals surface area contributed by atoms with Crippen LogP contribution in [0.5, 0.6) is 11.5 Å². The highest BCUT2D eigenvalue weighted by atomic mass is 79.9. The average Bonchev–Trinajstić information content (AvgIpc) is 2.79. The number of nitrogens with one attached hydrogen (secondary N) is 1. The smallest absolute Gasteiger partial charge is 0.262 e. The summed E-state index contributed by atoms with van der Waals surface area (Å²) in [5.74, 6) is 0.255. The van der Waals surface area contributed by atoms with Crippen molar-refractivity contribution in [1.29, 1.82) is 5.26 Å². The molecule has 1 heterocycles. The van der Waals surface area contributed by atoms with Gasteiger partial charge in [-0.05, 0) is 71.4 Å². The van der Waals surface area contributed by atoms with Crippen molar-refractivity contribution in [1.82, 2.24) is 0 Å². The first-order chi connectivity index (χ1) is 15.5. The van der Waals surface area contributed by atoms with Gasteiger partial charge in [-0.2, -0.15) is 5.26 Å². The van der Waals surface area contributed by atoms with Crippen LogP contribution in [0.1, 0.15) is 29.0 Å². The monoisotopic (exact) mass is 495 g/mol. The minimum Gasteiger partial charge on any atom is -0.490 e. The third-order valence-corrected chi connectivity index (χ3v) is 5.55. The Bertz CT molecular complexity index is 1190. The zero-order valence-corrected chi connectivity index (χ0v) is 18.7. The number of carbonyl (C=O) groups excluding carboxylic acids is 1. The summed E-state index contributed by atoms with van der Waals surface area (Å²) in [5, 5.41) is 12.3. The van der Waals surface area contributed by atoms with Crippen LogP contribution < -0.4 is 19.7 Å². The summed E-state index contributed by atoms with van der Waals surface area (Å²) < 4.78 is 25.4. The zero-order valence-electron chi connectivity index (χ0n) is 17.1. The van der Waals surface area contributed by atoms with E-state index in [-0.39, 0.29) is 18.3 Å². The van der Waals surface area contributed by atoms with E-state index in [4.69, 9.17) is 14.7 Å². The Morgan fingerprint density at radius 3 is 2.62 bits per heavy atom. The van der Waals surface area contributed by atoms with E-state index in [9.17, 15) is 9.18 Å². The standard InChI is InChI=1S/C24H19BrFN3O3/c1-2-31-21-14-15(13-19(25)22(21)32-12-11-27)23-28-20-6-4-3-5-18(20)24(30)29(23)17-9-7-16(26)8-10-17/h3-10,13-14,23,28H,2,12H2,1H3. The van der Waals surface area contributed by atoms with Crippen molar-refractivity contribution >= 4 is 33.2 Å². The lowest BCUT2D eigenvalue weighted by molar-refractivity contribution is 0.0975. The maximum atomic E-state index is 13.6. The van der Waals surface area contributed by atoms with Crippen LogP contribution in [0.4, 0.5) is 15.8 Å². The number of anilines is 2. The Morgan fingerprint density at radius 1 is 1.16 bits per heavy atom. The van der Waals surface area contributed by atoms with Crippen molar-refractivity contribution in [2.24, 2.45) is 0 Å².